The monoisotopic (exact) mass is 534 g/mol. The minimum Gasteiger partial charge on any atom is -0.497 e. The summed E-state index contributed by atoms with van der Waals surface area (Å²) < 4.78 is 5.21. The Balaban J connectivity index is 1.66. The highest BCUT2D eigenvalue weighted by Crippen LogP contribution is 2.36. The van der Waals surface area contributed by atoms with Crippen LogP contribution < -0.4 is 9.64 Å². The molecule has 1 aromatic heterocycles. The fourth-order valence-corrected chi connectivity index (χ4v) is 6.60. The number of amides is 3. The lowest BCUT2D eigenvalue weighted by Gasteiger charge is -2.39. The molecule has 4 rings (SSSR count). The zero-order valence-electron chi connectivity index (χ0n) is 22.4. The number of rotatable bonds is 8. The summed E-state index contributed by atoms with van der Waals surface area (Å²) in [7, 11) is 1.56. The van der Waals surface area contributed by atoms with Gasteiger partial charge < -0.3 is 9.64 Å². The number of nitrogens with zero attached hydrogens (tertiary/aromatic N) is 4. The van der Waals surface area contributed by atoms with E-state index in [4.69, 9.17) is 4.74 Å². The number of aryl methyl sites for hydroxylation is 2. The summed E-state index contributed by atoms with van der Waals surface area (Å²) in [6, 6.07) is 9.92. The SMILES string of the molecule is CCC(Sc1nc(C)cc(C)c1C#N)C(=O)N(C1CCCCC1)C1CC(=O)N(c2ccc(OC)cc2)C1=O. The van der Waals surface area contributed by atoms with Crippen molar-refractivity contribution in [3.63, 3.8) is 0 Å². The zero-order chi connectivity index (χ0) is 27.4. The Morgan fingerprint density at radius 3 is 2.50 bits per heavy atom. The third kappa shape index (κ3) is 5.56. The maximum absolute atomic E-state index is 14.2. The molecule has 3 amide bonds. The van der Waals surface area contributed by atoms with E-state index >= 15 is 0 Å². The van der Waals surface area contributed by atoms with Crippen LogP contribution in [0.5, 0.6) is 5.75 Å². The Labute approximate surface area is 228 Å². The smallest absolute Gasteiger partial charge is 0.257 e. The fraction of sp³-hybridized carbons (Fsp3) is 0.483. The van der Waals surface area contributed by atoms with E-state index in [0.717, 1.165) is 43.4 Å². The van der Waals surface area contributed by atoms with Crippen LogP contribution in [0.2, 0.25) is 0 Å². The molecule has 1 saturated heterocycles. The van der Waals surface area contributed by atoms with E-state index in [2.05, 4.69) is 11.1 Å². The molecular formula is C29H34N4O4S. The van der Waals surface area contributed by atoms with Crippen molar-refractivity contribution in [2.24, 2.45) is 0 Å². The van der Waals surface area contributed by atoms with Crippen molar-refractivity contribution in [2.45, 2.75) is 88.1 Å². The van der Waals surface area contributed by atoms with Crippen LogP contribution in [0.15, 0.2) is 35.4 Å². The van der Waals surface area contributed by atoms with Crippen molar-refractivity contribution in [3.8, 4) is 11.8 Å². The van der Waals surface area contributed by atoms with Crippen molar-refractivity contribution >= 4 is 35.2 Å². The summed E-state index contributed by atoms with van der Waals surface area (Å²) in [5, 5.41) is 9.74. The number of pyridine rings is 1. The van der Waals surface area contributed by atoms with Crippen LogP contribution >= 0.6 is 11.8 Å². The summed E-state index contributed by atoms with van der Waals surface area (Å²) in [5.74, 6) is -0.233. The predicted molar refractivity (Wildman–Crippen MR) is 146 cm³/mol. The first kappa shape index (κ1) is 27.6. The van der Waals surface area contributed by atoms with Gasteiger partial charge in [-0.2, -0.15) is 5.26 Å². The number of imide groups is 1. The first-order valence-electron chi connectivity index (χ1n) is 13.2. The number of aromatic nitrogens is 1. The van der Waals surface area contributed by atoms with Gasteiger partial charge in [-0.3, -0.25) is 14.4 Å². The van der Waals surface area contributed by atoms with Crippen LogP contribution in [0.25, 0.3) is 0 Å². The third-order valence-electron chi connectivity index (χ3n) is 7.34. The van der Waals surface area contributed by atoms with Crippen molar-refractivity contribution in [3.05, 3.63) is 47.2 Å². The lowest BCUT2D eigenvalue weighted by molar-refractivity contribution is -0.141. The van der Waals surface area contributed by atoms with Crippen molar-refractivity contribution in [2.75, 3.05) is 12.0 Å². The maximum Gasteiger partial charge on any atom is 0.257 e. The molecule has 1 aliphatic carbocycles. The van der Waals surface area contributed by atoms with Crippen LogP contribution in [-0.2, 0) is 14.4 Å². The fourth-order valence-electron chi connectivity index (χ4n) is 5.42. The Kier molecular flexibility index (Phi) is 8.72. The molecule has 0 bridgehead atoms. The molecule has 0 N–H and O–H groups in total. The molecule has 0 radical (unpaired) electrons. The highest BCUT2D eigenvalue weighted by atomic mass is 32.2. The van der Waals surface area contributed by atoms with Crippen LogP contribution in [-0.4, -0.2) is 52.0 Å². The van der Waals surface area contributed by atoms with Crippen molar-refractivity contribution < 1.29 is 19.1 Å². The van der Waals surface area contributed by atoms with Crippen LogP contribution in [0.1, 0.15) is 68.7 Å². The van der Waals surface area contributed by atoms with Gasteiger partial charge in [0.25, 0.3) is 5.91 Å². The van der Waals surface area contributed by atoms with Crippen LogP contribution in [0, 0.1) is 25.2 Å². The molecule has 200 valence electrons. The maximum atomic E-state index is 14.2. The van der Waals surface area contributed by atoms with E-state index in [1.165, 1.54) is 16.7 Å². The molecule has 1 aromatic carbocycles. The molecule has 1 saturated carbocycles. The number of methoxy groups -OCH3 is 1. The molecular weight excluding hydrogens is 500 g/mol. The number of hydrogen-bond acceptors (Lipinski definition) is 7. The van der Waals surface area contributed by atoms with E-state index in [1.54, 1.807) is 36.3 Å². The van der Waals surface area contributed by atoms with Gasteiger partial charge in [-0.15, -0.1) is 0 Å². The average molecular weight is 535 g/mol. The minimum absolute atomic E-state index is 0.0422. The second kappa shape index (κ2) is 12.0. The summed E-state index contributed by atoms with van der Waals surface area (Å²) in [5.41, 5.74) is 2.54. The Bertz CT molecular complexity index is 1250. The van der Waals surface area contributed by atoms with E-state index in [9.17, 15) is 19.6 Å². The van der Waals surface area contributed by atoms with Gasteiger partial charge in [-0.1, -0.05) is 37.9 Å². The second-order valence-electron chi connectivity index (χ2n) is 9.91. The first-order chi connectivity index (χ1) is 18.3. The highest BCUT2D eigenvalue weighted by Gasteiger charge is 2.47. The van der Waals surface area contributed by atoms with Crippen molar-refractivity contribution in [1.29, 1.82) is 5.26 Å². The molecule has 0 spiro atoms. The average Bonchev–Trinajstić information content (AvgIpc) is 3.20. The summed E-state index contributed by atoms with van der Waals surface area (Å²) in [6.07, 6.45) is 5.12. The normalized spacial score (nSPS) is 18.8. The minimum atomic E-state index is -0.850. The Morgan fingerprint density at radius 2 is 1.89 bits per heavy atom. The topological polar surface area (TPSA) is 104 Å². The number of hydrogen-bond donors (Lipinski definition) is 0. The number of nitriles is 1. The van der Waals surface area contributed by atoms with Gasteiger partial charge in [0.05, 0.1) is 30.0 Å². The second-order valence-corrected chi connectivity index (χ2v) is 11.1. The van der Waals surface area contributed by atoms with Gasteiger partial charge in [0.2, 0.25) is 11.8 Å². The molecule has 2 aliphatic rings. The van der Waals surface area contributed by atoms with Gasteiger partial charge in [0, 0.05) is 11.7 Å². The lowest BCUT2D eigenvalue weighted by Crippen LogP contribution is -2.53. The third-order valence-corrected chi connectivity index (χ3v) is 8.67. The molecule has 8 nitrogen and oxygen atoms in total. The van der Waals surface area contributed by atoms with Crippen LogP contribution in [0.4, 0.5) is 5.69 Å². The molecule has 2 unspecified atom stereocenters. The predicted octanol–water partition coefficient (Wildman–Crippen LogP) is 4.94. The van der Waals surface area contributed by atoms with Gasteiger partial charge in [-0.25, -0.2) is 9.88 Å². The molecule has 1 aliphatic heterocycles. The van der Waals surface area contributed by atoms with E-state index < -0.39 is 11.3 Å². The Morgan fingerprint density at radius 1 is 1.21 bits per heavy atom. The molecule has 2 heterocycles. The van der Waals surface area contributed by atoms with Crippen molar-refractivity contribution in [1.82, 2.24) is 9.88 Å². The van der Waals surface area contributed by atoms with E-state index in [-0.39, 0.29) is 30.2 Å². The highest BCUT2D eigenvalue weighted by molar-refractivity contribution is 8.00. The van der Waals surface area contributed by atoms with Gasteiger partial charge in [0.15, 0.2) is 0 Å². The van der Waals surface area contributed by atoms with Gasteiger partial charge in [-0.05, 0) is 69.0 Å². The standard InChI is InChI=1S/C29H34N4O4S/c1-5-25(38-27-23(17-30)18(2)15-19(3)31-27)29(36)32(20-9-7-6-8-10-20)24-16-26(34)33(28(24)35)21-11-13-22(37-4)14-12-21/h11-15,20,24-25H,5-10,16H2,1-4H3. The molecule has 2 aromatic rings. The lowest BCUT2D eigenvalue weighted by atomic mass is 9.92. The number of carbonyl (C=O) groups is 3. The number of carbonyl (C=O) groups excluding carboxylic acids is 3. The molecule has 2 fully saturated rings. The summed E-state index contributed by atoms with van der Waals surface area (Å²) in [4.78, 5) is 48.5. The first-order valence-corrected chi connectivity index (χ1v) is 14.0. The summed E-state index contributed by atoms with van der Waals surface area (Å²) >= 11 is 1.28. The largest absolute Gasteiger partial charge is 0.497 e. The Hall–Kier alpha value is -3.38. The van der Waals surface area contributed by atoms with Gasteiger partial charge >= 0.3 is 0 Å². The number of thioether (sulfide) groups is 1. The quantitative estimate of drug-likeness (QED) is 0.349. The molecule has 38 heavy (non-hydrogen) atoms. The van der Waals surface area contributed by atoms with E-state index in [0.29, 0.717) is 28.4 Å². The van der Waals surface area contributed by atoms with E-state index in [1.807, 2.05) is 26.8 Å². The van der Waals surface area contributed by atoms with Crippen LogP contribution in [0.3, 0.4) is 0 Å². The molecule has 2 atom stereocenters. The zero-order valence-corrected chi connectivity index (χ0v) is 23.2. The molecule has 9 heteroatoms. The number of benzene rings is 1. The number of ether oxygens (including phenoxy) is 1. The summed E-state index contributed by atoms with van der Waals surface area (Å²) in [6.45, 7) is 5.66. The van der Waals surface area contributed by atoms with Gasteiger partial charge in [0.1, 0.15) is 22.9 Å². The number of anilines is 1.